The largest absolute Gasteiger partial charge is 0.355 e. The van der Waals surface area contributed by atoms with E-state index in [0.29, 0.717) is 5.41 Å². The van der Waals surface area contributed by atoms with E-state index in [-0.39, 0.29) is 6.29 Å². The Kier molecular flexibility index (Phi) is 4.56. The molecule has 0 aromatic carbocycles. The van der Waals surface area contributed by atoms with Crippen LogP contribution in [0, 0.1) is 11.3 Å². The molecule has 1 saturated heterocycles. The highest BCUT2D eigenvalue weighted by molar-refractivity contribution is 4.84. The van der Waals surface area contributed by atoms with Crippen molar-refractivity contribution in [2.45, 2.75) is 33.5 Å². The second-order valence-electron chi connectivity index (χ2n) is 5.51. The number of methoxy groups -OCH3 is 2. The van der Waals surface area contributed by atoms with Gasteiger partial charge in [-0.25, -0.2) is 0 Å². The van der Waals surface area contributed by atoms with Gasteiger partial charge in [0.25, 0.3) is 0 Å². The zero-order chi connectivity index (χ0) is 11.5. The van der Waals surface area contributed by atoms with Crippen LogP contribution in [0.4, 0.5) is 0 Å². The van der Waals surface area contributed by atoms with Gasteiger partial charge in [0, 0.05) is 27.3 Å². The van der Waals surface area contributed by atoms with Crippen LogP contribution in [0.3, 0.4) is 0 Å². The van der Waals surface area contributed by atoms with E-state index in [0.717, 1.165) is 12.5 Å². The van der Waals surface area contributed by atoms with E-state index >= 15 is 0 Å². The summed E-state index contributed by atoms with van der Waals surface area (Å²) in [5.41, 5.74) is 0.421. The molecule has 0 N–H and O–H groups in total. The Morgan fingerprint density at radius 2 is 1.87 bits per heavy atom. The Morgan fingerprint density at radius 3 is 2.27 bits per heavy atom. The molecule has 0 bridgehead atoms. The summed E-state index contributed by atoms with van der Waals surface area (Å²) in [5, 5.41) is 0. The van der Waals surface area contributed by atoms with Crippen LogP contribution in [0.2, 0.25) is 0 Å². The van der Waals surface area contributed by atoms with Crippen molar-refractivity contribution in [3.8, 4) is 0 Å². The summed E-state index contributed by atoms with van der Waals surface area (Å²) in [6, 6.07) is 0. The van der Waals surface area contributed by atoms with Gasteiger partial charge in [-0.3, -0.25) is 4.90 Å². The third-order valence-corrected chi connectivity index (χ3v) is 3.43. The number of ether oxygens (including phenoxy) is 2. The number of rotatable bonds is 4. The molecule has 1 fully saturated rings. The molecular weight excluding hydrogens is 190 g/mol. The maximum Gasteiger partial charge on any atom is 0.169 e. The fourth-order valence-electron chi connectivity index (χ4n) is 2.16. The minimum absolute atomic E-state index is 0.0799. The van der Waals surface area contributed by atoms with E-state index in [1.54, 1.807) is 14.2 Å². The van der Waals surface area contributed by atoms with Gasteiger partial charge in [-0.2, -0.15) is 0 Å². The number of hydrogen-bond acceptors (Lipinski definition) is 3. The minimum atomic E-state index is -0.0799. The van der Waals surface area contributed by atoms with Crippen LogP contribution in [0.1, 0.15) is 27.2 Å². The zero-order valence-corrected chi connectivity index (χ0v) is 10.7. The fraction of sp³-hybridized carbons (Fsp3) is 1.00. The van der Waals surface area contributed by atoms with Gasteiger partial charge in [0.2, 0.25) is 0 Å². The van der Waals surface area contributed by atoms with Gasteiger partial charge in [0.15, 0.2) is 6.29 Å². The molecule has 1 aliphatic rings. The summed E-state index contributed by atoms with van der Waals surface area (Å²) in [5.74, 6) is 0.798. The first-order valence-electron chi connectivity index (χ1n) is 5.75. The first-order chi connectivity index (χ1) is 6.97. The molecule has 1 aliphatic heterocycles. The van der Waals surface area contributed by atoms with Gasteiger partial charge in [-0.05, 0) is 24.3 Å². The quantitative estimate of drug-likeness (QED) is 0.669. The normalized spacial score (nSPS) is 24.0. The van der Waals surface area contributed by atoms with E-state index in [4.69, 9.17) is 9.47 Å². The van der Waals surface area contributed by atoms with Crippen LogP contribution in [0.15, 0.2) is 0 Å². The van der Waals surface area contributed by atoms with E-state index in [1.807, 2.05) is 0 Å². The molecule has 3 heteroatoms. The van der Waals surface area contributed by atoms with E-state index in [1.165, 1.54) is 19.5 Å². The zero-order valence-electron chi connectivity index (χ0n) is 10.7. The third kappa shape index (κ3) is 3.74. The van der Waals surface area contributed by atoms with E-state index in [9.17, 15) is 0 Å². The van der Waals surface area contributed by atoms with Crippen LogP contribution in [-0.4, -0.2) is 45.0 Å². The molecule has 0 saturated carbocycles. The standard InChI is InChI=1S/C12H25NO2/c1-12(2,3)10-6-7-13(8-10)9-11(14-4)15-5/h10-11H,6-9H2,1-5H3. The summed E-state index contributed by atoms with van der Waals surface area (Å²) in [6.07, 6.45) is 1.22. The highest BCUT2D eigenvalue weighted by Crippen LogP contribution is 2.33. The van der Waals surface area contributed by atoms with Crippen LogP contribution in [0.25, 0.3) is 0 Å². The molecule has 1 atom stereocenters. The van der Waals surface area contributed by atoms with Crippen LogP contribution in [0.5, 0.6) is 0 Å². The van der Waals surface area contributed by atoms with Gasteiger partial charge in [0.05, 0.1) is 0 Å². The molecule has 0 aliphatic carbocycles. The molecule has 1 heterocycles. The first kappa shape index (κ1) is 12.9. The Labute approximate surface area is 93.7 Å². The number of likely N-dealkylation sites (tertiary alicyclic amines) is 1. The second-order valence-corrected chi connectivity index (χ2v) is 5.51. The molecule has 0 radical (unpaired) electrons. The molecule has 1 rings (SSSR count). The van der Waals surface area contributed by atoms with Crippen molar-refractivity contribution < 1.29 is 9.47 Å². The average molecular weight is 215 g/mol. The Hall–Kier alpha value is -0.120. The van der Waals surface area contributed by atoms with Crippen molar-refractivity contribution in [2.75, 3.05) is 33.9 Å². The van der Waals surface area contributed by atoms with Crippen molar-refractivity contribution >= 4 is 0 Å². The topological polar surface area (TPSA) is 21.7 Å². The lowest BCUT2D eigenvalue weighted by Crippen LogP contribution is -2.34. The van der Waals surface area contributed by atoms with Crippen molar-refractivity contribution in [1.82, 2.24) is 4.90 Å². The lowest BCUT2D eigenvalue weighted by Gasteiger charge is -2.27. The average Bonchev–Trinajstić information content (AvgIpc) is 2.61. The molecule has 0 aromatic rings. The van der Waals surface area contributed by atoms with E-state index in [2.05, 4.69) is 25.7 Å². The predicted octanol–water partition coefficient (Wildman–Crippen LogP) is 1.97. The highest BCUT2D eigenvalue weighted by atomic mass is 16.7. The molecule has 1 unspecified atom stereocenters. The van der Waals surface area contributed by atoms with Gasteiger partial charge in [-0.1, -0.05) is 20.8 Å². The maximum absolute atomic E-state index is 5.22. The van der Waals surface area contributed by atoms with Gasteiger partial charge >= 0.3 is 0 Å². The molecule has 15 heavy (non-hydrogen) atoms. The van der Waals surface area contributed by atoms with Crippen molar-refractivity contribution in [3.63, 3.8) is 0 Å². The molecule has 0 aromatic heterocycles. The Balaban J connectivity index is 2.36. The minimum Gasteiger partial charge on any atom is -0.355 e. The first-order valence-corrected chi connectivity index (χ1v) is 5.75. The van der Waals surface area contributed by atoms with Gasteiger partial charge < -0.3 is 9.47 Å². The van der Waals surface area contributed by atoms with Crippen LogP contribution in [-0.2, 0) is 9.47 Å². The second kappa shape index (κ2) is 5.28. The molecule has 3 nitrogen and oxygen atoms in total. The Bertz CT molecular complexity index is 185. The van der Waals surface area contributed by atoms with Crippen molar-refractivity contribution in [3.05, 3.63) is 0 Å². The van der Waals surface area contributed by atoms with Gasteiger partial charge in [-0.15, -0.1) is 0 Å². The van der Waals surface area contributed by atoms with Crippen LogP contribution < -0.4 is 0 Å². The van der Waals surface area contributed by atoms with Crippen LogP contribution >= 0.6 is 0 Å². The third-order valence-electron chi connectivity index (χ3n) is 3.43. The lowest BCUT2D eigenvalue weighted by atomic mass is 9.80. The monoisotopic (exact) mass is 215 g/mol. The van der Waals surface area contributed by atoms with Crippen molar-refractivity contribution in [1.29, 1.82) is 0 Å². The number of nitrogens with zero attached hydrogens (tertiary/aromatic N) is 1. The lowest BCUT2D eigenvalue weighted by molar-refractivity contribution is -0.114. The maximum atomic E-state index is 5.22. The summed E-state index contributed by atoms with van der Waals surface area (Å²) >= 11 is 0. The predicted molar refractivity (Wildman–Crippen MR) is 61.8 cm³/mol. The van der Waals surface area contributed by atoms with Gasteiger partial charge in [0.1, 0.15) is 0 Å². The highest BCUT2D eigenvalue weighted by Gasteiger charge is 2.32. The molecule has 90 valence electrons. The molecular formula is C12H25NO2. The molecule has 0 spiro atoms. The van der Waals surface area contributed by atoms with Crippen molar-refractivity contribution in [2.24, 2.45) is 11.3 Å². The summed E-state index contributed by atoms with van der Waals surface area (Å²) in [7, 11) is 3.40. The summed E-state index contributed by atoms with van der Waals surface area (Å²) in [6.45, 7) is 10.2. The fourth-order valence-corrected chi connectivity index (χ4v) is 2.16. The molecule has 0 amide bonds. The SMILES string of the molecule is COC(CN1CCC(C(C)(C)C)C1)OC. The smallest absolute Gasteiger partial charge is 0.169 e. The van der Waals surface area contributed by atoms with E-state index < -0.39 is 0 Å². The summed E-state index contributed by atoms with van der Waals surface area (Å²) in [4.78, 5) is 2.44. The summed E-state index contributed by atoms with van der Waals surface area (Å²) < 4.78 is 10.4. The Morgan fingerprint density at radius 1 is 1.27 bits per heavy atom. The number of hydrogen-bond donors (Lipinski definition) is 0.